The molecule has 0 spiro atoms. The summed E-state index contributed by atoms with van der Waals surface area (Å²) in [6.07, 6.45) is 2.25. The molecule has 0 atom stereocenters. The van der Waals surface area contributed by atoms with E-state index in [1.807, 2.05) is 59.5 Å². The molecular weight excluding hydrogens is 608 g/mol. The fraction of sp³-hybridized carbons (Fsp3) is 0.0233. The maximum atomic E-state index is 11.9. The number of esters is 2. The van der Waals surface area contributed by atoms with Crippen LogP contribution in [-0.2, 0) is 9.59 Å². The van der Waals surface area contributed by atoms with Gasteiger partial charge in [-0.1, -0.05) is 73.8 Å². The fourth-order valence-corrected chi connectivity index (χ4v) is 5.51. The van der Waals surface area contributed by atoms with E-state index in [-0.39, 0.29) is 0 Å². The van der Waals surface area contributed by atoms with E-state index in [0.29, 0.717) is 11.5 Å². The van der Waals surface area contributed by atoms with Gasteiger partial charge >= 0.3 is 11.9 Å². The second-order valence-corrected chi connectivity index (χ2v) is 11.2. The van der Waals surface area contributed by atoms with Gasteiger partial charge in [0.2, 0.25) is 0 Å². The van der Waals surface area contributed by atoms with E-state index in [2.05, 4.69) is 97.8 Å². The normalized spacial score (nSPS) is 10.5. The van der Waals surface area contributed by atoms with Gasteiger partial charge in [-0.3, -0.25) is 0 Å². The van der Waals surface area contributed by atoms with Gasteiger partial charge in [0.15, 0.2) is 0 Å². The van der Waals surface area contributed by atoms with Crippen molar-refractivity contribution in [2.24, 2.45) is 0 Å². The van der Waals surface area contributed by atoms with Crippen molar-refractivity contribution in [2.75, 3.05) is 9.80 Å². The van der Waals surface area contributed by atoms with Gasteiger partial charge in [-0.25, -0.2) is 9.59 Å². The molecule has 0 amide bonds. The zero-order chi connectivity index (χ0) is 34.2. The molecule has 0 radical (unpaired) electrons. The van der Waals surface area contributed by atoms with Crippen LogP contribution in [0.4, 0.5) is 34.1 Å². The molecule has 0 bridgehead atoms. The Bertz CT molecular complexity index is 2090. The Labute approximate surface area is 286 Å². The Morgan fingerprint density at radius 2 is 0.898 bits per heavy atom. The highest BCUT2D eigenvalue weighted by Crippen LogP contribution is 2.39. The van der Waals surface area contributed by atoms with Crippen LogP contribution in [0.1, 0.15) is 5.56 Å². The summed E-state index contributed by atoms with van der Waals surface area (Å²) in [6.45, 7) is 9.05. The van der Waals surface area contributed by atoms with Gasteiger partial charge in [-0.05, 0) is 109 Å². The van der Waals surface area contributed by atoms with Gasteiger partial charge in [0, 0.05) is 52.3 Å². The molecule has 0 aromatic heterocycles. The largest absolute Gasteiger partial charge is 0.423 e. The van der Waals surface area contributed by atoms with Gasteiger partial charge in [-0.15, -0.1) is 0 Å². The van der Waals surface area contributed by atoms with E-state index in [1.54, 1.807) is 24.3 Å². The zero-order valence-electron chi connectivity index (χ0n) is 27.0. The monoisotopic (exact) mass is 642 g/mol. The summed E-state index contributed by atoms with van der Waals surface area (Å²) in [5.74, 6) is -0.295. The van der Waals surface area contributed by atoms with Crippen LogP contribution >= 0.6 is 0 Å². The number of carbonyl (C=O) groups excluding carboxylic acids is 2. The van der Waals surface area contributed by atoms with E-state index >= 15 is 0 Å². The highest BCUT2D eigenvalue weighted by Gasteiger charge is 2.16. The second kappa shape index (κ2) is 14.8. The van der Waals surface area contributed by atoms with E-state index in [0.717, 1.165) is 57.4 Å². The van der Waals surface area contributed by atoms with E-state index in [9.17, 15) is 9.59 Å². The summed E-state index contributed by atoms with van der Waals surface area (Å²) in [4.78, 5) is 27.9. The molecule has 0 aliphatic rings. The smallest absolute Gasteiger partial charge is 0.335 e. The Morgan fingerprint density at radius 3 is 1.41 bits per heavy atom. The molecule has 0 saturated heterocycles. The van der Waals surface area contributed by atoms with Crippen LogP contribution in [0.15, 0.2) is 177 Å². The topological polar surface area (TPSA) is 59.1 Å². The SMILES string of the molecule is C=CC(=O)Oc1ccc(N(c2ccc(-c3ccc(N(c4ccccc4)c4cccc(C)c4)cc3)cc2)c2cccc(OC(=O)C=C)c2)cc1. The third-order valence-electron chi connectivity index (χ3n) is 7.80. The maximum absolute atomic E-state index is 11.9. The van der Waals surface area contributed by atoms with E-state index in [4.69, 9.17) is 9.47 Å². The third kappa shape index (κ3) is 7.67. The molecule has 6 nitrogen and oxygen atoms in total. The molecule has 6 aromatic carbocycles. The second-order valence-electron chi connectivity index (χ2n) is 11.2. The summed E-state index contributed by atoms with van der Waals surface area (Å²) in [6, 6.07) is 50.0. The number of ether oxygens (including phenoxy) is 2. The average Bonchev–Trinajstić information content (AvgIpc) is 3.14. The van der Waals surface area contributed by atoms with Crippen LogP contribution < -0.4 is 19.3 Å². The Kier molecular flexibility index (Phi) is 9.78. The minimum atomic E-state index is -0.543. The number of anilines is 6. The molecule has 0 aliphatic carbocycles. The number of benzene rings is 6. The Balaban J connectivity index is 1.32. The van der Waals surface area contributed by atoms with Crippen molar-refractivity contribution < 1.29 is 19.1 Å². The lowest BCUT2D eigenvalue weighted by Crippen LogP contribution is -2.11. The van der Waals surface area contributed by atoms with E-state index in [1.165, 1.54) is 5.56 Å². The van der Waals surface area contributed by atoms with Crippen LogP contribution in [0, 0.1) is 6.92 Å². The molecule has 6 aromatic rings. The average molecular weight is 643 g/mol. The summed E-state index contributed by atoms with van der Waals surface area (Å²) < 4.78 is 10.7. The first-order chi connectivity index (χ1) is 23.9. The fourth-order valence-electron chi connectivity index (χ4n) is 5.51. The number of aryl methyl sites for hydroxylation is 1. The van der Waals surface area contributed by atoms with Crippen LogP contribution in [0.5, 0.6) is 11.5 Å². The number of para-hydroxylation sites is 1. The van der Waals surface area contributed by atoms with Crippen molar-refractivity contribution in [3.63, 3.8) is 0 Å². The molecule has 6 rings (SSSR count). The van der Waals surface area contributed by atoms with Crippen molar-refractivity contribution >= 4 is 46.1 Å². The molecule has 0 aliphatic heterocycles. The van der Waals surface area contributed by atoms with Crippen molar-refractivity contribution in [1.29, 1.82) is 0 Å². The highest BCUT2D eigenvalue weighted by molar-refractivity contribution is 5.85. The summed E-state index contributed by atoms with van der Waals surface area (Å²) in [5, 5.41) is 0. The Hall–Kier alpha value is -6.66. The summed E-state index contributed by atoms with van der Waals surface area (Å²) >= 11 is 0. The standard InChI is InChI=1S/C43H34N2O4/c1-4-42(46)48-40-27-25-37(26-28-40)45(39-15-10-16-41(30-39)49-43(47)5-2)36-23-19-33(20-24-36)32-17-21-35(22-18-32)44(34-12-7-6-8-13-34)38-14-9-11-31(3)29-38/h4-30H,1-2H2,3H3. The molecule has 0 N–H and O–H groups in total. The molecule has 240 valence electrons. The minimum absolute atomic E-state index is 0.385. The lowest BCUT2D eigenvalue weighted by Gasteiger charge is -2.26. The number of hydrogen-bond acceptors (Lipinski definition) is 6. The Morgan fingerprint density at radius 1 is 0.469 bits per heavy atom. The van der Waals surface area contributed by atoms with Crippen molar-refractivity contribution in [3.05, 3.63) is 183 Å². The van der Waals surface area contributed by atoms with Gasteiger partial charge in [0.25, 0.3) is 0 Å². The van der Waals surface area contributed by atoms with Crippen LogP contribution in [0.2, 0.25) is 0 Å². The third-order valence-corrected chi connectivity index (χ3v) is 7.80. The number of carbonyl (C=O) groups is 2. The molecular formula is C43H34N2O4. The zero-order valence-corrected chi connectivity index (χ0v) is 27.0. The number of hydrogen-bond donors (Lipinski definition) is 0. The maximum Gasteiger partial charge on any atom is 0.335 e. The minimum Gasteiger partial charge on any atom is -0.423 e. The first-order valence-electron chi connectivity index (χ1n) is 15.7. The predicted octanol–water partition coefficient (Wildman–Crippen LogP) is 10.8. The lowest BCUT2D eigenvalue weighted by molar-refractivity contribution is -0.129. The highest BCUT2D eigenvalue weighted by atomic mass is 16.5. The molecule has 0 heterocycles. The van der Waals surface area contributed by atoms with Crippen LogP contribution in [0.25, 0.3) is 11.1 Å². The molecule has 49 heavy (non-hydrogen) atoms. The van der Waals surface area contributed by atoms with Gasteiger partial charge in [0.1, 0.15) is 11.5 Å². The number of nitrogens with zero attached hydrogens (tertiary/aromatic N) is 2. The van der Waals surface area contributed by atoms with Gasteiger partial charge < -0.3 is 19.3 Å². The van der Waals surface area contributed by atoms with Crippen LogP contribution in [-0.4, -0.2) is 11.9 Å². The summed E-state index contributed by atoms with van der Waals surface area (Å²) in [5.41, 5.74) is 9.00. The molecule has 0 fully saturated rings. The first-order valence-corrected chi connectivity index (χ1v) is 15.7. The van der Waals surface area contributed by atoms with Crippen molar-refractivity contribution in [3.8, 4) is 22.6 Å². The van der Waals surface area contributed by atoms with E-state index < -0.39 is 11.9 Å². The van der Waals surface area contributed by atoms with Crippen molar-refractivity contribution in [1.82, 2.24) is 0 Å². The van der Waals surface area contributed by atoms with Crippen LogP contribution in [0.3, 0.4) is 0 Å². The molecule has 6 heteroatoms. The molecule has 0 unspecified atom stereocenters. The van der Waals surface area contributed by atoms with Gasteiger partial charge in [0.05, 0.1) is 0 Å². The lowest BCUT2D eigenvalue weighted by atomic mass is 10.0. The molecule has 0 saturated carbocycles. The first kappa shape index (κ1) is 32.3. The summed E-state index contributed by atoms with van der Waals surface area (Å²) in [7, 11) is 0. The van der Waals surface area contributed by atoms with Gasteiger partial charge in [-0.2, -0.15) is 0 Å². The number of rotatable bonds is 11. The quantitative estimate of drug-likeness (QED) is 0.0796. The van der Waals surface area contributed by atoms with Crippen molar-refractivity contribution in [2.45, 2.75) is 6.92 Å². The predicted molar refractivity (Wildman–Crippen MR) is 198 cm³/mol.